The summed E-state index contributed by atoms with van der Waals surface area (Å²) in [5.74, 6) is 0.227. The van der Waals surface area contributed by atoms with Crippen molar-refractivity contribution in [3.8, 4) is 0 Å². The summed E-state index contributed by atoms with van der Waals surface area (Å²) in [7, 11) is 0. The number of nitrogens with zero attached hydrogens (tertiary/aromatic N) is 1. The van der Waals surface area contributed by atoms with Gasteiger partial charge in [0.1, 0.15) is 12.0 Å². The van der Waals surface area contributed by atoms with Gasteiger partial charge in [-0.15, -0.1) is 0 Å². The molecule has 0 aliphatic heterocycles. The number of hydrogen-bond donors (Lipinski definition) is 2. The zero-order chi connectivity index (χ0) is 11.4. The Morgan fingerprint density at radius 1 is 1.47 bits per heavy atom. The maximum Gasteiger partial charge on any atom is 0.133 e. The van der Waals surface area contributed by atoms with Crippen molar-refractivity contribution in [2.45, 2.75) is 20.0 Å². The number of hydrogen-bond acceptors (Lipinski definition) is 3. The van der Waals surface area contributed by atoms with Gasteiger partial charge in [-0.25, -0.2) is 9.37 Å². The Hall–Kier alpha value is -1.16. The van der Waals surface area contributed by atoms with Gasteiger partial charge >= 0.3 is 0 Å². The molecular formula is C11H18FN3. The topological polar surface area (TPSA) is 64.9 Å². The molecular weight excluding hydrogens is 193 g/mol. The van der Waals surface area contributed by atoms with Gasteiger partial charge in [0.05, 0.1) is 0 Å². The molecule has 0 aliphatic rings. The number of rotatable bonds is 4. The first kappa shape index (κ1) is 11.9. The highest BCUT2D eigenvalue weighted by molar-refractivity contribution is 5.40. The third-order valence-electron chi connectivity index (χ3n) is 2.67. The molecule has 2 unspecified atom stereocenters. The predicted octanol–water partition coefficient (Wildman–Crippen LogP) is 1.91. The van der Waals surface area contributed by atoms with E-state index < -0.39 is 6.17 Å². The molecule has 4 heteroatoms. The Kier molecular flexibility index (Phi) is 4.03. The van der Waals surface area contributed by atoms with Gasteiger partial charge in [-0.1, -0.05) is 19.9 Å². The standard InChI is InChI=1S/C11H18FN3/c1-7(2)9(6-13)10(12)8-4-3-5-15-11(8)14/h3-5,7,9-10H,6,13H2,1-2H3,(H2,14,15). The van der Waals surface area contributed by atoms with Crippen molar-refractivity contribution in [2.24, 2.45) is 17.6 Å². The molecule has 1 rings (SSSR count). The van der Waals surface area contributed by atoms with Gasteiger partial charge in [0.15, 0.2) is 0 Å². The molecule has 1 aromatic heterocycles. The van der Waals surface area contributed by atoms with E-state index in [1.165, 1.54) is 0 Å². The second-order valence-electron chi connectivity index (χ2n) is 4.02. The molecule has 0 saturated carbocycles. The van der Waals surface area contributed by atoms with Crippen LogP contribution in [0.5, 0.6) is 0 Å². The van der Waals surface area contributed by atoms with Gasteiger partial charge in [-0.2, -0.15) is 0 Å². The Labute approximate surface area is 89.7 Å². The van der Waals surface area contributed by atoms with Crippen LogP contribution in [0.3, 0.4) is 0 Å². The molecule has 84 valence electrons. The second kappa shape index (κ2) is 5.07. The van der Waals surface area contributed by atoms with E-state index in [9.17, 15) is 4.39 Å². The van der Waals surface area contributed by atoms with Gasteiger partial charge in [0, 0.05) is 17.7 Å². The number of aromatic nitrogens is 1. The molecule has 0 aromatic carbocycles. The zero-order valence-electron chi connectivity index (χ0n) is 9.15. The maximum absolute atomic E-state index is 14.1. The quantitative estimate of drug-likeness (QED) is 0.799. The molecule has 0 saturated heterocycles. The molecule has 0 radical (unpaired) electrons. The number of anilines is 1. The fourth-order valence-corrected chi connectivity index (χ4v) is 1.62. The van der Waals surface area contributed by atoms with E-state index in [1.54, 1.807) is 18.3 Å². The lowest BCUT2D eigenvalue weighted by Gasteiger charge is -2.23. The van der Waals surface area contributed by atoms with Crippen LogP contribution in [0.2, 0.25) is 0 Å². The van der Waals surface area contributed by atoms with Crippen LogP contribution in [0.4, 0.5) is 10.2 Å². The lowest BCUT2D eigenvalue weighted by molar-refractivity contribution is 0.189. The first-order valence-electron chi connectivity index (χ1n) is 5.12. The largest absolute Gasteiger partial charge is 0.383 e. The molecule has 2 atom stereocenters. The molecule has 0 bridgehead atoms. The van der Waals surface area contributed by atoms with Gasteiger partial charge in [-0.3, -0.25) is 0 Å². The van der Waals surface area contributed by atoms with E-state index >= 15 is 0 Å². The highest BCUT2D eigenvalue weighted by atomic mass is 19.1. The lowest BCUT2D eigenvalue weighted by Crippen LogP contribution is -2.25. The van der Waals surface area contributed by atoms with Crippen LogP contribution in [0.25, 0.3) is 0 Å². The molecule has 0 fully saturated rings. The van der Waals surface area contributed by atoms with Crippen molar-refractivity contribution < 1.29 is 4.39 Å². The summed E-state index contributed by atoms with van der Waals surface area (Å²) in [5.41, 5.74) is 11.6. The maximum atomic E-state index is 14.1. The van der Waals surface area contributed by atoms with E-state index in [2.05, 4.69) is 4.98 Å². The van der Waals surface area contributed by atoms with E-state index in [4.69, 9.17) is 11.5 Å². The van der Waals surface area contributed by atoms with Crippen molar-refractivity contribution in [3.63, 3.8) is 0 Å². The van der Waals surface area contributed by atoms with Crippen LogP contribution in [0.1, 0.15) is 25.6 Å². The first-order valence-corrected chi connectivity index (χ1v) is 5.12. The van der Waals surface area contributed by atoms with Crippen LogP contribution in [0.15, 0.2) is 18.3 Å². The van der Waals surface area contributed by atoms with E-state index in [0.29, 0.717) is 12.1 Å². The Bertz CT molecular complexity index is 314. The summed E-state index contributed by atoms with van der Waals surface area (Å²) in [6, 6.07) is 3.35. The Balaban J connectivity index is 2.92. The van der Waals surface area contributed by atoms with E-state index in [0.717, 1.165) is 0 Å². The normalized spacial score (nSPS) is 15.3. The van der Waals surface area contributed by atoms with E-state index in [-0.39, 0.29) is 17.7 Å². The summed E-state index contributed by atoms with van der Waals surface area (Å²) in [6.07, 6.45) is 0.418. The monoisotopic (exact) mass is 211 g/mol. The minimum atomic E-state index is -1.14. The summed E-state index contributed by atoms with van der Waals surface area (Å²) < 4.78 is 14.1. The summed E-state index contributed by atoms with van der Waals surface area (Å²) in [4.78, 5) is 3.87. The van der Waals surface area contributed by atoms with Crippen LogP contribution >= 0.6 is 0 Å². The van der Waals surface area contributed by atoms with Crippen molar-refractivity contribution >= 4 is 5.82 Å². The molecule has 1 heterocycles. The SMILES string of the molecule is CC(C)C(CN)C(F)c1cccnc1N. The van der Waals surface area contributed by atoms with Gasteiger partial charge < -0.3 is 11.5 Å². The Morgan fingerprint density at radius 2 is 2.13 bits per heavy atom. The van der Waals surface area contributed by atoms with Crippen molar-refractivity contribution in [3.05, 3.63) is 23.9 Å². The first-order chi connectivity index (χ1) is 7.07. The number of alkyl halides is 1. The minimum Gasteiger partial charge on any atom is -0.383 e. The molecule has 0 spiro atoms. The fraction of sp³-hybridized carbons (Fsp3) is 0.545. The average Bonchev–Trinajstić information content (AvgIpc) is 2.18. The zero-order valence-corrected chi connectivity index (χ0v) is 9.15. The third kappa shape index (κ3) is 2.65. The number of nitrogens with two attached hydrogens (primary N) is 2. The highest BCUT2D eigenvalue weighted by Crippen LogP contribution is 2.32. The molecule has 0 aliphatic carbocycles. The summed E-state index contributed by atoms with van der Waals surface area (Å²) in [6.45, 7) is 4.22. The van der Waals surface area contributed by atoms with Crippen molar-refractivity contribution in [1.29, 1.82) is 0 Å². The van der Waals surface area contributed by atoms with Crippen LogP contribution in [-0.4, -0.2) is 11.5 Å². The average molecular weight is 211 g/mol. The molecule has 4 N–H and O–H groups in total. The lowest BCUT2D eigenvalue weighted by atomic mass is 9.88. The molecule has 0 amide bonds. The van der Waals surface area contributed by atoms with Gasteiger partial charge in [0.2, 0.25) is 0 Å². The fourth-order valence-electron chi connectivity index (χ4n) is 1.62. The predicted molar refractivity (Wildman–Crippen MR) is 59.9 cm³/mol. The van der Waals surface area contributed by atoms with E-state index in [1.807, 2.05) is 13.8 Å². The summed E-state index contributed by atoms with van der Waals surface area (Å²) >= 11 is 0. The molecule has 1 aromatic rings. The van der Waals surface area contributed by atoms with Crippen molar-refractivity contribution in [2.75, 3.05) is 12.3 Å². The number of halogens is 1. The van der Waals surface area contributed by atoms with Crippen LogP contribution in [0, 0.1) is 11.8 Å². The second-order valence-corrected chi connectivity index (χ2v) is 4.02. The third-order valence-corrected chi connectivity index (χ3v) is 2.67. The smallest absolute Gasteiger partial charge is 0.133 e. The van der Waals surface area contributed by atoms with Crippen LogP contribution < -0.4 is 11.5 Å². The number of nitrogen functional groups attached to an aromatic ring is 1. The summed E-state index contributed by atoms with van der Waals surface area (Å²) in [5, 5.41) is 0. The van der Waals surface area contributed by atoms with Gasteiger partial charge in [0.25, 0.3) is 0 Å². The van der Waals surface area contributed by atoms with Gasteiger partial charge in [-0.05, 0) is 18.5 Å². The minimum absolute atomic E-state index is 0.185. The number of pyridine rings is 1. The van der Waals surface area contributed by atoms with Crippen LogP contribution in [-0.2, 0) is 0 Å². The molecule has 15 heavy (non-hydrogen) atoms. The Morgan fingerprint density at radius 3 is 2.60 bits per heavy atom. The highest BCUT2D eigenvalue weighted by Gasteiger charge is 2.26. The van der Waals surface area contributed by atoms with Crippen molar-refractivity contribution in [1.82, 2.24) is 4.98 Å². The molecule has 3 nitrogen and oxygen atoms in total.